The Balaban J connectivity index is 1.66. The number of piperazine rings is 1. The monoisotopic (exact) mass is 557 g/mol. The molecule has 1 amide bonds. The molecule has 0 bridgehead atoms. The van der Waals surface area contributed by atoms with Gasteiger partial charge >= 0.3 is 12.2 Å². The van der Waals surface area contributed by atoms with Gasteiger partial charge in [-0.3, -0.25) is 9.69 Å². The molecule has 4 rings (SSSR count). The summed E-state index contributed by atoms with van der Waals surface area (Å²) in [4.78, 5) is 32.8. The minimum absolute atomic E-state index is 0.0672. The van der Waals surface area contributed by atoms with E-state index in [4.69, 9.17) is 4.74 Å². The van der Waals surface area contributed by atoms with Gasteiger partial charge in [0.05, 0.1) is 18.5 Å². The molecule has 0 saturated carbocycles. The van der Waals surface area contributed by atoms with E-state index in [1.165, 1.54) is 13.3 Å². The van der Waals surface area contributed by atoms with Crippen LogP contribution in [0, 0.1) is 6.92 Å². The lowest BCUT2D eigenvalue weighted by atomic mass is 10.1. The number of aromatic nitrogens is 4. The van der Waals surface area contributed by atoms with Crippen molar-refractivity contribution in [1.82, 2.24) is 29.7 Å². The highest BCUT2D eigenvalue weighted by Gasteiger charge is 2.35. The number of alkyl halides is 3. The molecule has 0 unspecified atom stereocenters. The fourth-order valence-corrected chi connectivity index (χ4v) is 3.98. The van der Waals surface area contributed by atoms with Crippen molar-refractivity contribution in [3.8, 4) is 6.01 Å². The second-order valence-electron chi connectivity index (χ2n) is 9.24. The number of halogens is 3. The van der Waals surface area contributed by atoms with Crippen LogP contribution in [0.1, 0.15) is 16.7 Å². The number of aryl methyl sites for hydroxylation is 1. The van der Waals surface area contributed by atoms with Crippen molar-refractivity contribution in [3.05, 3.63) is 59.9 Å². The van der Waals surface area contributed by atoms with Crippen LogP contribution >= 0.6 is 0 Å². The normalized spacial score (nSPS) is 14.4. The molecule has 1 aliphatic rings. The van der Waals surface area contributed by atoms with Crippen molar-refractivity contribution in [1.29, 1.82) is 0 Å². The van der Waals surface area contributed by atoms with E-state index >= 15 is 0 Å². The molecule has 1 aliphatic heterocycles. The maximum absolute atomic E-state index is 13.9. The summed E-state index contributed by atoms with van der Waals surface area (Å²) in [6, 6.07) is 5.21. The van der Waals surface area contributed by atoms with E-state index in [9.17, 15) is 18.0 Å². The third-order valence-electron chi connectivity index (χ3n) is 6.24. The summed E-state index contributed by atoms with van der Waals surface area (Å²) in [5.41, 5.74) is 0.909. The molecule has 1 aromatic carbocycles. The molecule has 0 atom stereocenters. The van der Waals surface area contributed by atoms with E-state index in [2.05, 4.69) is 59.3 Å². The van der Waals surface area contributed by atoms with Crippen LogP contribution < -0.4 is 20.7 Å². The Morgan fingerprint density at radius 3 is 2.50 bits per heavy atom. The van der Waals surface area contributed by atoms with Gasteiger partial charge in [0.15, 0.2) is 0 Å². The van der Waals surface area contributed by atoms with Gasteiger partial charge in [0.1, 0.15) is 17.2 Å². The molecule has 14 heteroatoms. The number of amides is 1. The highest BCUT2D eigenvalue weighted by molar-refractivity contribution is 6.01. The molecule has 212 valence electrons. The number of benzene rings is 1. The Bertz CT molecular complexity index is 1380. The molecule has 0 aliphatic carbocycles. The summed E-state index contributed by atoms with van der Waals surface area (Å²) >= 11 is 0. The van der Waals surface area contributed by atoms with Crippen LogP contribution in [0.25, 0.3) is 0 Å². The first-order valence-electron chi connectivity index (χ1n) is 12.4. The first kappa shape index (κ1) is 28.7. The second-order valence-corrected chi connectivity index (χ2v) is 9.24. The molecule has 3 N–H and O–H groups in total. The minimum atomic E-state index is -4.75. The van der Waals surface area contributed by atoms with Crippen molar-refractivity contribution in [2.24, 2.45) is 0 Å². The Morgan fingerprint density at radius 2 is 1.82 bits per heavy atom. The number of nitrogens with one attached hydrogen (secondary N) is 3. The van der Waals surface area contributed by atoms with Crippen LogP contribution in [-0.4, -0.2) is 76.0 Å². The summed E-state index contributed by atoms with van der Waals surface area (Å²) in [7, 11) is 3.46. The lowest BCUT2D eigenvalue weighted by Crippen LogP contribution is -2.43. The van der Waals surface area contributed by atoms with Crippen LogP contribution in [0.3, 0.4) is 0 Å². The van der Waals surface area contributed by atoms with Gasteiger partial charge in [0, 0.05) is 50.7 Å². The molecule has 11 nitrogen and oxygen atoms in total. The van der Waals surface area contributed by atoms with Gasteiger partial charge in [-0.05, 0) is 37.7 Å². The number of anilines is 5. The maximum Gasteiger partial charge on any atom is 0.421 e. The van der Waals surface area contributed by atoms with Crippen LogP contribution in [0.15, 0.2) is 43.2 Å². The van der Waals surface area contributed by atoms with Gasteiger partial charge in [-0.1, -0.05) is 12.6 Å². The van der Waals surface area contributed by atoms with Gasteiger partial charge < -0.3 is 25.6 Å². The highest BCUT2D eigenvalue weighted by atomic mass is 19.4. The third kappa shape index (κ3) is 7.21. The topological polar surface area (TPSA) is 120 Å². The Kier molecular flexibility index (Phi) is 8.80. The van der Waals surface area contributed by atoms with E-state index in [1.807, 2.05) is 0 Å². The third-order valence-corrected chi connectivity index (χ3v) is 6.24. The van der Waals surface area contributed by atoms with E-state index in [0.717, 1.165) is 37.8 Å². The average Bonchev–Trinajstić information content (AvgIpc) is 2.92. The van der Waals surface area contributed by atoms with E-state index < -0.39 is 23.5 Å². The summed E-state index contributed by atoms with van der Waals surface area (Å²) in [5.74, 6) is -0.883. The molecule has 40 heavy (non-hydrogen) atoms. The summed E-state index contributed by atoms with van der Waals surface area (Å²) in [6.07, 6.45) is -1.49. The van der Waals surface area contributed by atoms with Crippen LogP contribution in [0.4, 0.5) is 42.1 Å². The first-order valence-corrected chi connectivity index (χ1v) is 12.4. The Labute approximate surface area is 229 Å². The number of likely N-dealkylation sites (N-methyl/N-ethyl adjacent to an activating group) is 1. The Hall–Kier alpha value is -4.30. The number of carbonyl (C=O) groups is 1. The van der Waals surface area contributed by atoms with Gasteiger partial charge in [0.2, 0.25) is 11.9 Å². The predicted molar refractivity (Wildman–Crippen MR) is 145 cm³/mol. The zero-order chi connectivity index (χ0) is 28.9. The van der Waals surface area contributed by atoms with Crippen molar-refractivity contribution < 1.29 is 22.7 Å². The van der Waals surface area contributed by atoms with Gasteiger partial charge in [-0.25, -0.2) is 9.97 Å². The Morgan fingerprint density at radius 1 is 1.07 bits per heavy atom. The number of ether oxygens (including phenoxy) is 1. The van der Waals surface area contributed by atoms with E-state index in [1.54, 1.807) is 25.1 Å². The molecular weight excluding hydrogens is 527 g/mol. The van der Waals surface area contributed by atoms with Crippen molar-refractivity contribution >= 4 is 34.9 Å². The quantitative estimate of drug-likeness (QED) is 0.334. The standard InChI is InChI=1S/C26H30F3N9O2/c1-5-21(39)32-20-12-17(15-38-10-8-37(3)9-11-38)6-7-19(20)33-23-18(26(27,28)29)14-30-24(35-23)34-22-16(2)13-31-25(36-22)40-4/h5-7,12-14H,1,8-11,15H2,2-4H3,(H,32,39)(H2,30,31,33,34,35,36). The number of hydrogen-bond acceptors (Lipinski definition) is 10. The molecule has 0 radical (unpaired) electrons. The number of rotatable bonds is 9. The highest BCUT2D eigenvalue weighted by Crippen LogP contribution is 2.37. The zero-order valence-electron chi connectivity index (χ0n) is 22.3. The average molecular weight is 558 g/mol. The van der Waals surface area contributed by atoms with E-state index in [-0.39, 0.29) is 29.2 Å². The largest absolute Gasteiger partial charge is 0.467 e. The van der Waals surface area contributed by atoms with Gasteiger partial charge in [-0.2, -0.15) is 23.1 Å². The van der Waals surface area contributed by atoms with Gasteiger partial charge in [-0.15, -0.1) is 0 Å². The minimum Gasteiger partial charge on any atom is -0.467 e. The SMILES string of the molecule is C=CC(=O)Nc1cc(CN2CCN(C)CC2)ccc1Nc1nc(Nc2nc(OC)ncc2C)ncc1C(F)(F)F. The van der Waals surface area contributed by atoms with Crippen molar-refractivity contribution in [3.63, 3.8) is 0 Å². The molecule has 0 spiro atoms. The van der Waals surface area contributed by atoms with Crippen LogP contribution in [0.5, 0.6) is 6.01 Å². The van der Waals surface area contributed by atoms with Crippen molar-refractivity contribution in [2.45, 2.75) is 19.6 Å². The van der Waals surface area contributed by atoms with Crippen molar-refractivity contribution in [2.75, 3.05) is 56.3 Å². The van der Waals surface area contributed by atoms with Crippen LogP contribution in [0.2, 0.25) is 0 Å². The summed E-state index contributed by atoms with van der Waals surface area (Å²) < 4.78 is 46.8. The smallest absolute Gasteiger partial charge is 0.421 e. The molecular formula is C26H30F3N9O2. The number of methoxy groups -OCH3 is 1. The van der Waals surface area contributed by atoms with Crippen LogP contribution in [-0.2, 0) is 17.5 Å². The number of carbonyl (C=O) groups excluding carboxylic acids is 1. The van der Waals surface area contributed by atoms with Gasteiger partial charge in [0.25, 0.3) is 0 Å². The maximum atomic E-state index is 13.9. The molecule has 3 heterocycles. The van der Waals surface area contributed by atoms with E-state index in [0.29, 0.717) is 18.3 Å². The molecule has 2 aromatic heterocycles. The second kappa shape index (κ2) is 12.3. The molecule has 3 aromatic rings. The summed E-state index contributed by atoms with van der Waals surface area (Å²) in [5, 5.41) is 8.23. The fourth-order valence-electron chi connectivity index (χ4n) is 3.98. The first-order chi connectivity index (χ1) is 19.0. The summed E-state index contributed by atoms with van der Waals surface area (Å²) in [6.45, 7) is 9.45. The zero-order valence-corrected chi connectivity index (χ0v) is 22.3. The lowest BCUT2D eigenvalue weighted by molar-refractivity contribution is -0.137. The lowest BCUT2D eigenvalue weighted by Gasteiger charge is -2.32. The number of hydrogen-bond donors (Lipinski definition) is 3. The number of nitrogens with zero attached hydrogens (tertiary/aromatic N) is 6. The molecule has 1 fully saturated rings. The predicted octanol–water partition coefficient (Wildman–Crippen LogP) is 3.96. The fraction of sp³-hybridized carbons (Fsp3) is 0.346. The molecule has 1 saturated heterocycles.